The van der Waals surface area contributed by atoms with E-state index in [0.29, 0.717) is 0 Å². The Balaban J connectivity index is 4.75. The second-order valence-electron chi connectivity index (χ2n) is 3.29. The van der Waals surface area contributed by atoms with Crippen LogP contribution in [0, 0.1) is 0 Å². The van der Waals surface area contributed by atoms with Crippen molar-refractivity contribution in [3.05, 3.63) is 0 Å². The maximum Gasteiger partial charge on any atom is 0.527 e. The fourth-order valence-electron chi connectivity index (χ4n) is 1.09. The lowest BCUT2D eigenvalue weighted by Crippen LogP contribution is -2.50. The van der Waals surface area contributed by atoms with E-state index in [1.54, 1.807) is 0 Å². The number of phosphoric acid groups is 1. The van der Waals surface area contributed by atoms with Crippen LogP contribution in [0.5, 0.6) is 0 Å². The maximum atomic E-state index is 11.1. The molecule has 0 amide bonds. The summed E-state index contributed by atoms with van der Waals surface area (Å²) in [6.07, 6.45) is -7.56. The first-order valence-corrected chi connectivity index (χ1v) is 6.14. The van der Waals surface area contributed by atoms with E-state index in [4.69, 9.17) is 20.0 Å². The van der Waals surface area contributed by atoms with Crippen LogP contribution in [0.4, 0.5) is 0 Å². The Labute approximate surface area is 102 Å². The van der Waals surface area contributed by atoms with Gasteiger partial charge in [0.25, 0.3) is 0 Å². The van der Waals surface area contributed by atoms with Gasteiger partial charge in [0.2, 0.25) is 0 Å². The van der Waals surface area contributed by atoms with E-state index in [2.05, 4.69) is 9.26 Å². The molecule has 0 aromatic carbocycles. The van der Waals surface area contributed by atoms with Crippen molar-refractivity contribution in [3.63, 3.8) is 0 Å². The van der Waals surface area contributed by atoms with Gasteiger partial charge in [0.05, 0.1) is 6.61 Å². The monoisotopic (exact) mass is 290 g/mol. The van der Waals surface area contributed by atoms with Gasteiger partial charge < -0.3 is 29.7 Å². The molecule has 10 nitrogen and oxygen atoms in total. The highest BCUT2D eigenvalue weighted by Gasteiger charge is 2.39. The third-order valence-electron chi connectivity index (χ3n) is 1.95. The van der Waals surface area contributed by atoms with E-state index in [0.717, 1.165) is 7.11 Å². The van der Waals surface area contributed by atoms with Crippen molar-refractivity contribution < 1.29 is 48.8 Å². The summed E-state index contributed by atoms with van der Waals surface area (Å²) in [4.78, 5) is 27.8. The van der Waals surface area contributed by atoms with Crippen LogP contribution in [0.25, 0.3) is 0 Å². The number of ether oxygens (including phenoxy) is 1. The van der Waals surface area contributed by atoms with Crippen molar-refractivity contribution >= 4 is 13.8 Å². The smallest absolute Gasteiger partial charge is 0.394 e. The molecule has 18 heavy (non-hydrogen) atoms. The molecule has 0 saturated heterocycles. The molecule has 0 saturated carbocycles. The Morgan fingerprint density at radius 3 is 2.11 bits per heavy atom. The van der Waals surface area contributed by atoms with Gasteiger partial charge in [-0.3, -0.25) is 9.79 Å². The van der Waals surface area contributed by atoms with Gasteiger partial charge in [-0.1, -0.05) is 0 Å². The average molecular weight is 290 g/mol. The first-order valence-electron chi connectivity index (χ1n) is 4.61. The van der Waals surface area contributed by atoms with Gasteiger partial charge in [0, 0.05) is 7.11 Å². The number of hydrogen-bond donors (Lipinski definition) is 6. The van der Waals surface area contributed by atoms with Crippen LogP contribution in [-0.4, -0.2) is 74.3 Å². The number of hydrogen-bond acceptors (Lipinski definition) is 8. The van der Waals surface area contributed by atoms with Crippen molar-refractivity contribution in [1.29, 1.82) is 0 Å². The minimum atomic E-state index is -5.15. The zero-order chi connectivity index (χ0) is 14.5. The Hall–Kier alpha value is -0.580. The summed E-state index contributed by atoms with van der Waals surface area (Å²) in [7, 11) is -4.18. The SMILES string of the molecule is CO[C@@H]([C@H](O)[C@H](O)CO)[C@@H](O)C(=O)OP(=O)(O)O. The molecular weight excluding hydrogens is 275 g/mol. The second-order valence-corrected chi connectivity index (χ2v) is 4.45. The third kappa shape index (κ3) is 5.38. The lowest BCUT2D eigenvalue weighted by Gasteiger charge is -2.27. The van der Waals surface area contributed by atoms with Gasteiger partial charge in [-0.2, -0.15) is 0 Å². The molecular formula is C7H15O10P. The van der Waals surface area contributed by atoms with Gasteiger partial charge in [0.15, 0.2) is 6.10 Å². The number of aliphatic hydroxyl groups excluding tert-OH is 4. The Kier molecular flexibility index (Phi) is 6.89. The Bertz CT molecular complexity index is 313. The minimum absolute atomic E-state index is 0.874. The molecule has 108 valence electrons. The van der Waals surface area contributed by atoms with Crippen molar-refractivity contribution in [2.24, 2.45) is 0 Å². The molecule has 4 atom stereocenters. The molecule has 0 spiro atoms. The summed E-state index contributed by atoms with van der Waals surface area (Å²) in [5, 5.41) is 36.4. The standard InChI is InChI=1S/C7H15O10P/c1-16-6(4(10)3(9)2-8)5(11)7(12)17-18(13,14)15/h3-6,8-11H,2H2,1H3,(H2,13,14,15)/t3-,4-,5-,6+/m1/s1. The number of phosphoric ester groups is 1. The molecule has 0 fully saturated rings. The molecule has 0 aliphatic heterocycles. The molecule has 0 heterocycles. The summed E-state index contributed by atoms with van der Waals surface area (Å²) < 4.78 is 18.5. The topological polar surface area (TPSA) is 174 Å². The molecule has 0 unspecified atom stereocenters. The molecule has 11 heteroatoms. The highest BCUT2D eigenvalue weighted by Crippen LogP contribution is 2.36. The number of aliphatic hydroxyl groups is 4. The van der Waals surface area contributed by atoms with Crippen LogP contribution in [-0.2, 0) is 18.6 Å². The predicted molar refractivity (Wildman–Crippen MR) is 54.0 cm³/mol. The predicted octanol–water partition coefficient (Wildman–Crippen LogP) is -3.29. The zero-order valence-corrected chi connectivity index (χ0v) is 10.2. The van der Waals surface area contributed by atoms with E-state index < -0.39 is 44.8 Å². The lowest BCUT2D eigenvalue weighted by atomic mass is 10.0. The summed E-state index contributed by atoms with van der Waals surface area (Å²) in [6, 6.07) is 0. The van der Waals surface area contributed by atoms with Crippen LogP contribution in [0.15, 0.2) is 0 Å². The number of methoxy groups -OCH3 is 1. The molecule has 0 aliphatic carbocycles. The van der Waals surface area contributed by atoms with Crippen LogP contribution < -0.4 is 0 Å². The quantitative estimate of drug-likeness (QED) is 0.261. The highest BCUT2D eigenvalue weighted by molar-refractivity contribution is 7.46. The van der Waals surface area contributed by atoms with E-state index in [9.17, 15) is 19.6 Å². The fraction of sp³-hybridized carbons (Fsp3) is 0.857. The minimum Gasteiger partial charge on any atom is -0.394 e. The lowest BCUT2D eigenvalue weighted by molar-refractivity contribution is -0.167. The zero-order valence-electron chi connectivity index (χ0n) is 9.28. The normalized spacial score (nSPS) is 18.8. The van der Waals surface area contributed by atoms with Gasteiger partial charge in [-0.15, -0.1) is 0 Å². The second kappa shape index (κ2) is 7.12. The van der Waals surface area contributed by atoms with Gasteiger partial charge in [-0.05, 0) is 0 Å². The van der Waals surface area contributed by atoms with Gasteiger partial charge in [-0.25, -0.2) is 9.36 Å². The summed E-state index contributed by atoms with van der Waals surface area (Å²) >= 11 is 0. The van der Waals surface area contributed by atoms with Gasteiger partial charge in [0.1, 0.15) is 18.3 Å². The molecule has 0 bridgehead atoms. The number of rotatable bonds is 7. The fourth-order valence-corrected chi connectivity index (χ4v) is 1.43. The van der Waals surface area contributed by atoms with Crippen molar-refractivity contribution in [3.8, 4) is 0 Å². The Morgan fingerprint density at radius 2 is 1.78 bits per heavy atom. The average Bonchev–Trinajstić information content (AvgIpc) is 2.26. The van der Waals surface area contributed by atoms with Crippen LogP contribution in [0.1, 0.15) is 0 Å². The van der Waals surface area contributed by atoms with Crippen LogP contribution >= 0.6 is 7.82 Å². The first kappa shape index (κ1) is 17.4. The maximum absolute atomic E-state index is 11.1. The van der Waals surface area contributed by atoms with Crippen LogP contribution in [0.3, 0.4) is 0 Å². The third-order valence-corrected chi connectivity index (χ3v) is 2.37. The van der Waals surface area contributed by atoms with E-state index in [1.165, 1.54) is 0 Å². The summed E-state index contributed by atoms with van der Waals surface area (Å²) in [5.41, 5.74) is 0. The van der Waals surface area contributed by atoms with Gasteiger partial charge >= 0.3 is 13.8 Å². The van der Waals surface area contributed by atoms with Crippen LogP contribution in [0.2, 0.25) is 0 Å². The van der Waals surface area contributed by atoms with E-state index in [1.807, 2.05) is 0 Å². The molecule has 0 rings (SSSR count). The molecule has 0 aromatic rings. The highest BCUT2D eigenvalue weighted by atomic mass is 31.2. The summed E-state index contributed by atoms with van der Waals surface area (Å²) in [6.45, 7) is -0.874. The molecule has 6 N–H and O–H groups in total. The Morgan fingerprint density at radius 1 is 1.28 bits per heavy atom. The van der Waals surface area contributed by atoms with Crippen molar-refractivity contribution in [1.82, 2.24) is 0 Å². The number of carbonyl (C=O) groups excluding carboxylic acids is 1. The molecule has 0 aliphatic rings. The summed E-state index contributed by atoms with van der Waals surface area (Å²) in [5.74, 6) is -1.74. The molecule has 0 aromatic heterocycles. The van der Waals surface area contributed by atoms with E-state index >= 15 is 0 Å². The first-order chi connectivity index (χ1) is 8.14. The number of carbonyl (C=O) groups is 1. The molecule has 0 radical (unpaired) electrons. The van der Waals surface area contributed by atoms with Crippen molar-refractivity contribution in [2.75, 3.05) is 13.7 Å². The largest absolute Gasteiger partial charge is 0.527 e. The van der Waals surface area contributed by atoms with E-state index in [-0.39, 0.29) is 0 Å². The van der Waals surface area contributed by atoms with Crippen molar-refractivity contribution in [2.45, 2.75) is 24.4 Å².